The number of aromatic nitrogens is 2. The van der Waals surface area contributed by atoms with E-state index >= 15 is 0 Å². The highest BCUT2D eigenvalue weighted by Gasteiger charge is 2.07. The van der Waals surface area contributed by atoms with Gasteiger partial charge in [0.05, 0.1) is 5.69 Å². The maximum absolute atomic E-state index is 13.0. The van der Waals surface area contributed by atoms with Crippen molar-refractivity contribution in [2.24, 2.45) is 0 Å². The number of H-pyrrole nitrogens is 1. The van der Waals surface area contributed by atoms with E-state index in [0.29, 0.717) is 11.4 Å². The molecule has 0 atom stereocenters. The molecule has 0 fully saturated rings. The molecule has 0 aliphatic carbocycles. The van der Waals surface area contributed by atoms with E-state index < -0.39 is 5.82 Å². The fraction of sp³-hybridized carbons (Fsp3) is 0. The van der Waals surface area contributed by atoms with Gasteiger partial charge >= 0.3 is 0 Å². The van der Waals surface area contributed by atoms with Gasteiger partial charge in [0.2, 0.25) is 0 Å². The number of anilines is 1. The molecule has 0 saturated carbocycles. The number of aromatic amines is 1. The molecule has 3 nitrogen and oxygen atoms in total. The van der Waals surface area contributed by atoms with Crippen molar-refractivity contribution in [3.63, 3.8) is 0 Å². The van der Waals surface area contributed by atoms with Gasteiger partial charge in [-0.15, -0.1) is 0 Å². The Morgan fingerprint density at radius 1 is 1.38 bits per heavy atom. The van der Waals surface area contributed by atoms with Gasteiger partial charge < -0.3 is 10.7 Å². The third-order valence-electron chi connectivity index (χ3n) is 1.81. The number of nitrogens with zero attached hydrogens (tertiary/aromatic N) is 1. The van der Waals surface area contributed by atoms with Gasteiger partial charge in [0.25, 0.3) is 0 Å². The van der Waals surface area contributed by atoms with Crippen molar-refractivity contribution in [1.82, 2.24) is 9.97 Å². The molecule has 4 heteroatoms. The predicted molar refractivity (Wildman–Crippen MR) is 48.4 cm³/mol. The monoisotopic (exact) mass is 177 g/mol. The van der Waals surface area contributed by atoms with Crippen LogP contribution in [-0.2, 0) is 0 Å². The lowest BCUT2D eigenvalue weighted by Gasteiger charge is -2.02. The number of hydrogen-bond acceptors (Lipinski definition) is 2. The molecule has 0 spiro atoms. The molecule has 0 aliphatic heterocycles. The molecule has 3 N–H and O–H groups in total. The maximum Gasteiger partial charge on any atom is 0.146 e. The van der Waals surface area contributed by atoms with Gasteiger partial charge in [0.1, 0.15) is 11.6 Å². The summed E-state index contributed by atoms with van der Waals surface area (Å²) in [7, 11) is 0. The zero-order valence-electron chi connectivity index (χ0n) is 6.79. The molecule has 2 rings (SSSR count). The van der Waals surface area contributed by atoms with E-state index in [2.05, 4.69) is 9.97 Å². The topological polar surface area (TPSA) is 54.7 Å². The average molecular weight is 177 g/mol. The summed E-state index contributed by atoms with van der Waals surface area (Å²) in [5.74, 6) is 0.158. The molecule has 0 saturated heterocycles. The standard InChI is InChI=1S/C9H8FN3/c10-7-3-1-2-6(8(7)11)9-12-4-5-13-9/h1-5H,11H2,(H,12,13). The Kier molecular flexibility index (Phi) is 1.73. The molecular weight excluding hydrogens is 169 g/mol. The smallest absolute Gasteiger partial charge is 0.146 e. The van der Waals surface area contributed by atoms with Crippen LogP contribution >= 0.6 is 0 Å². The number of hydrogen-bond donors (Lipinski definition) is 2. The molecule has 2 aromatic rings. The molecule has 1 aromatic carbocycles. The van der Waals surface area contributed by atoms with Crippen molar-refractivity contribution in [3.05, 3.63) is 36.4 Å². The van der Waals surface area contributed by atoms with Gasteiger partial charge in [-0.3, -0.25) is 0 Å². The molecule has 0 bridgehead atoms. The number of para-hydroxylation sites is 1. The molecular formula is C9H8FN3. The van der Waals surface area contributed by atoms with E-state index in [1.54, 1.807) is 24.5 Å². The van der Waals surface area contributed by atoms with Crippen molar-refractivity contribution in [3.8, 4) is 11.4 Å². The van der Waals surface area contributed by atoms with Crippen LogP contribution in [0.5, 0.6) is 0 Å². The number of halogens is 1. The summed E-state index contributed by atoms with van der Waals surface area (Å²) < 4.78 is 13.0. The third kappa shape index (κ3) is 1.26. The summed E-state index contributed by atoms with van der Waals surface area (Å²) in [6.45, 7) is 0. The van der Waals surface area contributed by atoms with Crippen LogP contribution in [0.25, 0.3) is 11.4 Å². The van der Waals surface area contributed by atoms with Gasteiger partial charge in [-0.2, -0.15) is 0 Å². The molecule has 0 unspecified atom stereocenters. The van der Waals surface area contributed by atoms with Crippen LogP contribution in [-0.4, -0.2) is 9.97 Å². The zero-order chi connectivity index (χ0) is 9.26. The van der Waals surface area contributed by atoms with E-state index in [9.17, 15) is 4.39 Å². The van der Waals surface area contributed by atoms with E-state index in [0.717, 1.165) is 0 Å². The maximum atomic E-state index is 13.0. The first-order valence-corrected chi connectivity index (χ1v) is 3.83. The quantitative estimate of drug-likeness (QED) is 0.652. The highest BCUT2D eigenvalue weighted by Crippen LogP contribution is 2.24. The van der Waals surface area contributed by atoms with E-state index in [-0.39, 0.29) is 5.69 Å². The Morgan fingerprint density at radius 2 is 2.23 bits per heavy atom. The fourth-order valence-electron chi connectivity index (χ4n) is 1.16. The molecule has 1 heterocycles. The fourth-order valence-corrected chi connectivity index (χ4v) is 1.16. The highest BCUT2D eigenvalue weighted by atomic mass is 19.1. The minimum absolute atomic E-state index is 0.123. The first-order chi connectivity index (χ1) is 6.29. The summed E-state index contributed by atoms with van der Waals surface area (Å²) in [6, 6.07) is 4.64. The molecule has 0 amide bonds. The number of rotatable bonds is 1. The lowest BCUT2D eigenvalue weighted by molar-refractivity contribution is 0.633. The van der Waals surface area contributed by atoms with Crippen molar-refractivity contribution in [2.45, 2.75) is 0 Å². The van der Waals surface area contributed by atoms with E-state index in [1.807, 2.05) is 0 Å². The number of nitrogens with two attached hydrogens (primary N) is 1. The van der Waals surface area contributed by atoms with Crippen molar-refractivity contribution in [1.29, 1.82) is 0 Å². The van der Waals surface area contributed by atoms with Crippen LogP contribution < -0.4 is 5.73 Å². The predicted octanol–water partition coefficient (Wildman–Crippen LogP) is 1.80. The summed E-state index contributed by atoms with van der Waals surface area (Å²) in [4.78, 5) is 6.85. The number of benzene rings is 1. The Balaban J connectivity index is 2.59. The van der Waals surface area contributed by atoms with Crippen molar-refractivity contribution >= 4 is 5.69 Å². The number of nitrogen functional groups attached to an aromatic ring is 1. The van der Waals surface area contributed by atoms with E-state index in [1.165, 1.54) is 6.07 Å². The van der Waals surface area contributed by atoms with E-state index in [4.69, 9.17) is 5.73 Å². The van der Waals surface area contributed by atoms with Crippen LogP contribution in [0, 0.1) is 5.82 Å². The molecule has 13 heavy (non-hydrogen) atoms. The lowest BCUT2D eigenvalue weighted by atomic mass is 10.1. The normalized spacial score (nSPS) is 10.2. The van der Waals surface area contributed by atoms with Gasteiger partial charge in [-0.05, 0) is 12.1 Å². The highest BCUT2D eigenvalue weighted by molar-refractivity contribution is 5.71. The van der Waals surface area contributed by atoms with Crippen molar-refractivity contribution < 1.29 is 4.39 Å². The van der Waals surface area contributed by atoms with Crippen LogP contribution in [0.15, 0.2) is 30.6 Å². The summed E-state index contributed by atoms with van der Waals surface area (Å²) in [6.07, 6.45) is 3.26. The minimum Gasteiger partial charge on any atom is -0.396 e. The number of imidazole rings is 1. The summed E-state index contributed by atoms with van der Waals surface area (Å²) in [5.41, 5.74) is 6.25. The summed E-state index contributed by atoms with van der Waals surface area (Å²) >= 11 is 0. The second-order valence-corrected chi connectivity index (χ2v) is 2.64. The minimum atomic E-state index is -0.422. The second-order valence-electron chi connectivity index (χ2n) is 2.64. The third-order valence-corrected chi connectivity index (χ3v) is 1.81. The molecule has 0 radical (unpaired) electrons. The summed E-state index contributed by atoms with van der Waals surface area (Å²) in [5, 5.41) is 0. The second kappa shape index (κ2) is 2.90. The number of nitrogens with one attached hydrogen (secondary N) is 1. The van der Waals surface area contributed by atoms with Gasteiger partial charge in [0.15, 0.2) is 0 Å². The van der Waals surface area contributed by atoms with Gasteiger partial charge in [0, 0.05) is 18.0 Å². The van der Waals surface area contributed by atoms with Crippen LogP contribution in [0.2, 0.25) is 0 Å². The van der Waals surface area contributed by atoms with Crippen LogP contribution in [0.3, 0.4) is 0 Å². The zero-order valence-corrected chi connectivity index (χ0v) is 6.79. The van der Waals surface area contributed by atoms with Crippen LogP contribution in [0.4, 0.5) is 10.1 Å². The van der Waals surface area contributed by atoms with Gasteiger partial charge in [-0.1, -0.05) is 6.07 Å². The SMILES string of the molecule is Nc1c(F)cccc1-c1ncc[nH]1. The van der Waals surface area contributed by atoms with Gasteiger partial charge in [-0.25, -0.2) is 9.37 Å². The molecule has 0 aliphatic rings. The largest absolute Gasteiger partial charge is 0.396 e. The molecule has 1 aromatic heterocycles. The Morgan fingerprint density at radius 3 is 2.92 bits per heavy atom. The van der Waals surface area contributed by atoms with Crippen LogP contribution in [0.1, 0.15) is 0 Å². The first kappa shape index (κ1) is 7.79. The van der Waals surface area contributed by atoms with Crippen molar-refractivity contribution in [2.75, 3.05) is 5.73 Å². The average Bonchev–Trinajstić information content (AvgIpc) is 2.62. The Labute approximate surface area is 74.4 Å². The Hall–Kier alpha value is -1.84. The molecule has 66 valence electrons. The first-order valence-electron chi connectivity index (χ1n) is 3.83. The Bertz CT molecular complexity index is 409. The lowest BCUT2D eigenvalue weighted by Crippen LogP contribution is -1.94.